The summed E-state index contributed by atoms with van der Waals surface area (Å²) >= 11 is 0. The smallest absolute Gasteiger partial charge is 0.223 e. The second-order valence-electron chi connectivity index (χ2n) is 6.71. The number of benzene rings is 1. The Morgan fingerprint density at radius 1 is 1.19 bits per heavy atom. The third-order valence-corrected chi connectivity index (χ3v) is 4.67. The lowest BCUT2D eigenvalue weighted by atomic mass is 10.2. The van der Waals surface area contributed by atoms with Crippen molar-refractivity contribution in [2.45, 2.75) is 25.3 Å². The molecule has 6 nitrogen and oxygen atoms in total. The Morgan fingerprint density at radius 2 is 1.85 bits per heavy atom. The van der Waals surface area contributed by atoms with Gasteiger partial charge in [-0.25, -0.2) is 8.78 Å². The van der Waals surface area contributed by atoms with E-state index in [9.17, 15) is 13.6 Å². The third-order valence-electron chi connectivity index (χ3n) is 4.67. The molecular weight excluding hydrogens is 467 g/mol. The molecule has 1 atom stereocenters. The lowest BCUT2D eigenvalue weighted by Crippen LogP contribution is -2.46. The number of carbonyl (C=O) groups excluding carboxylic acids is 1. The summed E-state index contributed by atoms with van der Waals surface area (Å²) in [7, 11) is 1.67. The highest BCUT2D eigenvalue weighted by atomic mass is 127. The summed E-state index contributed by atoms with van der Waals surface area (Å²) in [6.45, 7) is 2.17. The highest BCUT2D eigenvalue weighted by molar-refractivity contribution is 14.0. The highest BCUT2D eigenvalue weighted by Gasteiger charge is 2.29. The van der Waals surface area contributed by atoms with Crippen LogP contribution in [0.15, 0.2) is 23.2 Å². The minimum Gasteiger partial charge on any atom is -0.365 e. The molecule has 0 aromatic heterocycles. The molecule has 150 valence electrons. The van der Waals surface area contributed by atoms with Crippen LogP contribution in [0.2, 0.25) is 0 Å². The molecule has 1 aliphatic carbocycles. The average molecular weight is 493 g/mol. The molecular formula is C18H26F2IN5O. The number of guanidine groups is 1. The summed E-state index contributed by atoms with van der Waals surface area (Å²) in [6.07, 6.45) is 2.74. The number of para-hydroxylation sites is 1. The molecule has 1 heterocycles. The first-order valence-corrected chi connectivity index (χ1v) is 9.02. The Kier molecular flexibility index (Phi) is 8.06. The van der Waals surface area contributed by atoms with E-state index in [2.05, 4.69) is 20.9 Å². The Balaban J connectivity index is 0.00000261. The van der Waals surface area contributed by atoms with Crippen LogP contribution in [0.4, 0.5) is 14.5 Å². The fourth-order valence-corrected chi connectivity index (χ4v) is 3.12. The molecule has 0 radical (unpaired) electrons. The number of nitrogens with one attached hydrogen (secondary N) is 3. The molecule has 3 N–H and O–H groups in total. The summed E-state index contributed by atoms with van der Waals surface area (Å²) in [5, 5.41) is 9.30. The fraction of sp³-hybridized carbons (Fsp3) is 0.556. The maximum absolute atomic E-state index is 13.9. The largest absolute Gasteiger partial charge is 0.365 e. The van der Waals surface area contributed by atoms with Gasteiger partial charge in [-0.3, -0.25) is 9.79 Å². The second-order valence-corrected chi connectivity index (χ2v) is 6.71. The molecule has 27 heavy (non-hydrogen) atoms. The van der Waals surface area contributed by atoms with E-state index in [0.29, 0.717) is 32.1 Å². The van der Waals surface area contributed by atoms with Crippen LogP contribution in [0, 0.1) is 17.6 Å². The zero-order chi connectivity index (χ0) is 18.5. The SMILES string of the molecule is CN=C(NCCNC(=O)C1CC1)NC1CCN(c2c(F)cccc2F)C1.I. The summed E-state index contributed by atoms with van der Waals surface area (Å²) in [5.41, 5.74) is 0.0301. The first kappa shape index (κ1) is 21.6. The summed E-state index contributed by atoms with van der Waals surface area (Å²) in [5.74, 6) is -0.144. The molecule has 0 spiro atoms. The van der Waals surface area contributed by atoms with E-state index >= 15 is 0 Å². The molecule has 3 rings (SSSR count). The molecule has 1 aromatic carbocycles. The molecule has 1 amide bonds. The zero-order valence-corrected chi connectivity index (χ0v) is 17.6. The van der Waals surface area contributed by atoms with Crippen LogP contribution in [0.25, 0.3) is 0 Å². The van der Waals surface area contributed by atoms with Gasteiger partial charge in [0.2, 0.25) is 5.91 Å². The van der Waals surface area contributed by atoms with Crippen LogP contribution in [-0.4, -0.2) is 51.1 Å². The molecule has 0 bridgehead atoms. The van der Waals surface area contributed by atoms with Crippen molar-refractivity contribution in [1.82, 2.24) is 16.0 Å². The summed E-state index contributed by atoms with van der Waals surface area (Å²) in [4.78, 5) is 17.4. The van der Waals surface area contributed by atoms with Gasteiger partial charge in [-0.2, -0.15) is 0 Å². The zero-order valence-electron chi connectivity index (χ0n) is 15.3. The van der Waals surface area contributed by atoms with Crippen LogP contribution < -0.4 is 20.9 Å². The Bertz CT molecular complexity index is 663. The predicted molar refractivity (Wildman–Crippen MR) is 113 cm³/mol. The average Bonchev–Trinajstić information content (AvgIpc) is 3.38. The minimum absolute atomic E-state index is 0. The van der Waals surface area contributed by atoms with E-state index in [4.69, 9.17) is 0 Å². The number of nitrogens with zero attached hydrogens (tertiary/aromatic N) is 2. The predicted octanol–water partition coefficient (Wildman–Crippen LogP) is 1.85. The molecule has 9 heteroatoms. The van der Waals surface area contributed by atoms with Crippen molar-refractivity contribution in [2.75, 3.05) is 38.1 Å². The van der Waals surface area contributed by atoms with Crippen molar-refractivity contribution in [3.63, 3.8) is 0 Å². The summed E-state index contributed by atoms with van der Waals surface area (Å²) < 4.78 is 27.8. The topological polar surface area (TPSA) is 68.8 Å². The van der Waals surface area contributed by atoms with Gasteiger partial charge in [0, 0.05) is 45.2 Å². The van der Waals surface area contributed by atoms with E-state index in [0.717, 1.165) is 19.3 Å². The monoisotopic (exact) mass is 493 g/mol. The van der Waals surface area contributed by atoms with Crippen LogP contribution >= 0.6 is 24.0 Å². The van der Waals surface area contributed by atoms with Gasteiger partial charge in [-0.15, -0.1) is 24.0 Å². The van der Waals surface area contributed by atoms with Crippen molar-refractivity contribution >= 4 is 41.5 Å². The number of hydrogen-bond acceptors (Lipinski definition) is 3. The van der Waals surface area contributed by atoms with Gasteiger partial charge in [0.15, 0.2) is 5.96 Å². The van der Waals surface area contributed by atoms with Crippen LogP contribution in [0.1, 0.15) is 19.3 Å². The van der Waals surface area contributed by atoms with Crippen LogP contribution in [0.3, 0.4) is 0 Å². The lowest BCUT2D eigenvalue weighted by molar-refractivity contribution is -0.122. The molecule has 2 fully saturated rings. The van der Waals surface area contributed by atoms with Gasteiger partial charge in [-0.05, 0) is 31.4 Å². The number of rotatable bonds is 6. The van der Waals surface area contributed by atoms with Crippen molar-refractivity contribution in [3.05, 3.63) is 29.8 Å². The highest BCUT2D eigenvalue weighted by Crippen LogP contribution is 2.28. The normalized spacial score (nSPS) is 19.4. The second kappa shape index (κ2) is 10.0. The number of carbonyl (C=O) groups is 1. The van der Waals surface area contributed by atoms with Gasteiger partial charge < -0.3 is 20.9 Å². The van der Waals surface area contributed by atoms with Crippen molar-refractivity contribution < 1.29 is 13.6 Å². The Morgan fingerprint density at radius 3 is 2.48 bits per heavy atom. The first-order valence-electron chi connectivity index (χ1n) is 9.02. The van der Waals surface area contributed by atoms with E-state index < -0.39 is 11.6 Å². The number of halogens is 3. The van der Waals surface area contributed by atoms with Crippen LogP contribution in [-0.2, 0) is 4.79 Å². The van der Waals surface area contributed by atoms with E-state index in [1.54, 1.807) is 11.9 Å². The van der Waals surface area contributed by atoms with Crippen molar-refractivity contribution in [2.24, 2.45) is 10.9 Å². The fourth-order valence-electron chi connectivity index (χ4n) is 3.12. The van der Waals surface area contributed by atoms with Crippen molar-refractivity contribution in [3.8, 4) is 0 Å². The number of aliphatic imine (C=N–C) groups is 1. The molecule has 1 saturated heterocycles. The number of amides is 1. The number of anilines is 1. The lowest BCUT2D eigenvalue weighted by Gasteiger charge is -2.21. The Hall–Kier alpha value is -1.65. The van der Waals surface area contributed by atoms with Gasteiger partial charge in [0.05, 0.1) is 0 Å². The van der Waals surface area contributed by atoms with Crippen molar-refractivity contribution in [1.29, 1.82) is 0 Å². The van der Waals surface area contributed by atoms with E-state index in [1.165, 1.54) is 18.2 Å². The first-order chi connectivity index (χ1) is 12.6. The minimum atomic E-state index is -0.542. The van der Waals surface area contributed by atoms with Gasteiger partial charge in [-0.1, -0.05) is 6.07 Å². The maximum Gasteiger partial charge on any atom is 0.223 e. The summed E-state index contributed by atoms with van der Waals surface area (Å²) in [6, 6.07) is 3.96. The van der Waals surface area contributed by atoms with Gasteiger partial charge in [0.1, 0.15) is 17.3 Å². The standard InChI is InChI=1S/C18H25F2N5O.HI/c1-21-18(23-9-8-22-17(26)12-5-6-12)24-13-7-10-25(11-13)16-14(19)3-2-4-15(16)20;/h2-4,12-13H,5-11H2,1H3,(H,22,26)(H2,21,23,24);1H. The van der Waals surface area contributed by atoms with Gasteiger partial charge in [0.25, 0.3) is 0 Å². The maximum atomic E-state index is 13.9. The third kappa shape index (κ3) is 5.91. The molecule has 1 aliphatic heterocycles. The van der Waals surface area contributed by atoms with Gasteiger partial charge >= 0.3 is 0 Å². The Labute approximate surface area is 175 Å². The molecule has 1 unspecified atom stereocenters. The van der Waals surface area contributed by atoms with Crippen LogP contribution in [0.5, 0.6) is 0 Å². The number of hydrogen-bond donors (Lipinski definition) is 3. The quantitative estimate of drug-likeness (QED) is 0.245. The molecule has 1 saturated carbocycles. The van der Waals surface area contributed by atoms with E-state index in [1.807, 2.05) is 0 Å². The molecule has 2 aliphatic rings. The van der Waals surface area contributed by atoms with E-state index in [-0.39, 0.29) is 47.5 Å². The molecule has 1 aromatic rings.